The van der Waals surface area contributed by atoms with Crippen molar-refractivity contribution in [3.63, 3.8) is 0 Å². The molecule has 3 aromatic carbocycles. The molecule has 0 aliphatic carbocycles. The Bertz CT molecular complexity index is 1180. The fraction of sp³-hybridized carbons (Fsp3) is 0.387. The Morgan fingerprint density at radius 2 is 1.61 bits per heavy atom. The summed E-state index contributed by atoms with van der Waals surface area (Å²) in [7, 11) is 5.25. The molecule has 204 valence electrons. The number of benzene rings is 3. The van der Waals surface area contributed by atoms with E-state index in [1.165, 1.54) is 16.7 Å². The molecule has 3 aromatic rings. The molecule has 0 aromatic heterocycles. The zero-order valence-electron chi connectivity index (χ0n) is 23.6. The molecule has 0 radical (unpaired) electrons. The van der Waals surface area contributed by atoms with Crippen LogP contribution >= 0.6 is 0 Å². The molecule has 1 N–H and O–H groups in total. The molecule has 0 aliphatic rings. The number of alkyl carbamates (subject to hydrolysis) is 1. The summed E-state index contributed by atoms with van der Waals surface area (Å²) in [6.45, 7) is 9.72. The molecule has 0 spiro atoms. The highest BCUT2D eigenvalue weighted by Crippen LogP contribution is 2.35. The monoisotopic (exact) mass is 520 g/mol. The van der Waals surface area contributed by atoms with E-state index in [9.17, 15) is 4.79 Å². The first-order valence-corrected chi connectivity index (χ1v) is 12.8. The molecule has 0 aliphatic heterocycles. The number of amides is 1. The molecular weight excluding hydrogens is 480 g/mol. The van der Waals surface area contributed by atoms with E-state index in [0.717, 1.165) is 11.1 Å². The Kier molecular flexibility index (Phi) is 10.0. The van der Waals surface area contributed by atoms with Crippen molar-refractivity contribution >= 4 is 6.09 Å². The molecule has 3 rings (SSSR count). The second-order valence-corrected chi connectivity index (χ2v) is 10.2. The molecule has 0 fully saturated rings. The minimum absolute atomic E-state index is 0.424. The zero-order valence-corrected chi connectivity index (χ0v) is 23.6. The number of likely N-dealkylation sites (N-methyl/N-ethyl adjacent to an activating group) is 1. The smallest absolute Gasteiger partial charge is 0.407 e. The van der Waals surface area contributed by atoms with Crippen molar-refractivity contribution in [2.45, 2.75) is 46.4 Å². The van der Waals surface area contributed by atoms with Gasteiger partial charge in [0.05, 0.1) is 19.8 Å². The lowest BCUT2D eigenvalue weighted by molar-refractivity contribution is 0.0523. The van der Waals surface area contributed by atoms with Crippen LogP contribution in [0, 0.1) is 6.92 Å². The van der Waals surface area contributed by atoms with Crippen molar-refractivity contribution < 1.29 is 23.7 Å². The summed E-state index contributed by atoms with van der Waals surface area (Å²) < 4.78 is 22.9. The minimum atomic E-state index is -0.524. The lowest BCUT2D eigenvalue weighted by Crippen LogP contribution is -2.36. The Labute approximate surface area is 226 Å². The molecule has 0 saturated heterocycles. The highest BCUT2D eigenvalue weighted by Gasteiger charge is 2.18. The summed E-state index contributed by atoms with van der Waals surface area (Å²) in [6.07, 6.45) is -0.424. The second-order valence-electron chi connectivity index (χ2n) is 10.2. The van der Waals surface area contributed by atoms with Gasteiger partial charge in [-0.3, -0.25) is 0 Å². The number of rotatable bonds is 11. The van der Waals surface area contributed by atoms with Crippen LogP contribution in [0.3, 0.4) is 0 Å². The van der Waals surface area contributed by atoms with Crippen LogP contribution in [0.15, 0.2) is 60.7 Å². The Morgan fingerprint density at radius 1 is 0.947 bits per heavy atom. The molecule has 38 heavy (non-hydrogen) atoms. The average molecular weight is 521 g/mol. The molecule has 7 nitrogen and oxygen atoms in total. The van der Waals surface area contributed by atoms with Crippen molar-refractivity contribution in [1.82, 2.24) is 10.2 Å². The van der Waals surface area contributed by atoms with Crippen molar-refractivity contribution in [2.24, 2.45) is 0 Å². The molecular formula is C31H40N2O5. The molecule has 0 heterocycles. The fourth-order valence-corrected chi connectivity index (χ4v) is 4.14. The van der Waals surface area contributed by atoms with Crippen molar-refractivity contribution in [3.05, 3.63) is 77.4 Å². The first-order chi connectivity index (χ1) is 18.1. The molecule has 0 atom stereocenters. The van der Waals surface area contributed by atoms with E-state index in [2.05, 4.69) is 47.5 Å². The van der Waals surface area contributed by atoms with Crippen molar-refractivity contribution in [2.75, 3.05) is 34.4 Å². The van der Waals surface area contributed by atoms with E-state index < -0.39 is 11.7 Å². The van der Waals surface area contributed by atoms with Gasteiger partial charge in [0.15, 0.2) is 0 Å². The summed E-state index contributed by atoms with van der Waals surface area (Å²) in [5.41, 5.74) is 5.07. The highest BCUT2D eigenvalue weighted by molar-refractivity contribution is 5.68. The largest absolute Gasteiger partial charge is 0.496 e. The maximum atomic E-state index is 11.9. The fourth-order valence-electron chi connectivity index (χ4n) is 4.14. The van der Waals surface area contributed by atoms with Gasteiger partial charge in [0.1, 0.15) is 29.5 Å². The second kappa shape index (κ2) is 13.2. The van der Waals surface area contributed by atoms with Gasteiger partial charge < -0.3 is 29.2 Å². The van der Waals surface area contributed by atoms with Gasteiger partial charge in [-0.1, -0.05) is 48.5 Å². The zero-order chi connectivity index (χ0) is 27.7. The maximum absolute atomic E-state index is 11.9. The number of carbonyl (C=O) groups excluding carboxylic acids is 1. The van der Waals surface area contributed by atoms with E-state index in [1.807, 2.05) is 58.2 Å². The number of nitrogens with one attached hydrogen (secondary N) is 1. The van der Waals surface area contributed by atoms with Gasteiger partial charge in [-0.2, -0.15) is 0 Å². The van der Waals surface area contributed by atoms with Gasteiger partial charge in [-0.15, -0.1) is 0 Å². The number of carbonyl (C=O) groups is 1. The highest BCUT2D eigenvalue weighted by atomic mass is 16.6. The standard InChI is InChI=1S/C31H40N2O5/c1-22-24(14-11-15-26(22)23-12-9-8-10-13-23)21-37-25-18-28(35-6)27(29(19-25)36-7)20-33(5)17-16-32-30(34)38-31(2,3)4/h8-15,18-19H,16-17,20-21H2,1-7H3,(H,32,34). The SMILES string of the molecule is COc1cc(OCc2cccc(-c3ccccc3)c2C)cc(OC)c1CN(C)CCNC(=O)OC(C)(C)C. The van der Waals surface area contributed by atoms with Crippen molar-refractivity contribution in [3.8, 4) is 28.4 Å². The number of ether oxygens (including phenoxy) is 4. The van der Waals surface area contributed by atoms with Gasteiger partial charge in [0.25, 0.3) is 0 Å². The van der Waals surface area contributed by atoms with E-state index in [0.29, 0.717) is 43.5 Å². The minimum Gasteiger partial charge on any atom is -0.496 e. The lowest BCUT2D eigenvalue weighted by Gasteiger charge is -2.23. The van der Waals surface area contributed by atoms with Gasteiger partial charge >= 0.3 is 6.09 Å². The lowest BCUT2D eigenvalue weighted by atomic mass is 9.97. The van der Waals surface area contributed by atoms with Crippen LogP contribution in [0.5, 0.6) is 17.2 Å². The third-order valence-corrected chi connectivity index (χ3v) is 6.10. The van der Waals surface area contributed by atoms with Gasteiger partial charge in [-0.05, 0) is 57.0 Å². The summed E-state index contributed by atoms with van der Waals surface area (Å²) in [4.78, 5) is 14.0. The third kappa shape index (κ3) is 8.15. The van der Waals surface area contributed by atoms with Crippen LogP contribution < -0.4 is 19.5 Å². The summed E-state index contributed by atoms with van der Waals surface area (Å²) >= 11 is 0. The Morgan fingerprint density at radius 3 is 2.21 bits per heavy atom. The van der Waals surface area contributed by atoms with Crippen molar-refractivity contribution in [1.29, 1.82) is 0 Å². The topological polar surface area (TPSA) is 69.3 Å². The summed E-state index contributed by atoms with van der Waals surface area (Å²) in [6, 6.07) is 20.4. The number of methoxy groups -OCH3 is 2. The predicted octanol–water partition coefficient (Wildman–Crippen LogP) is 6.21. The molecule has 1 amide bonds. The normalized spacial score (nSPS) is 11.3. The average Bonchev–Trinajstić information content (AvgIpc) is 2.88. The number of hydrogen-bond donors (Lipinski definition) is 1. The number of nitrogens with zero attached hydrogens (tertiary/aromatic N) is 1. The van der Waals surface area contributed by atoms with Crippen LogP contribution in [-0.2, 0) is 17.9 Å². The van der Waals surface area contributed by atoms with E-state index in [-0.39, 0.29) is 0 Å². The first-order valence-electron chi connectivity index (χ1n) is 12.8. The summed E-state index contributed by atoms with van der Waals surface area (Å²) in [5, 5.41) is 2.79. The van der Waals surface area contributed by atoms with Crippen LogP contribution in [0.4, 0.5) is 4.79 Å². The molecule has 0 saturated carbocycles. The van der Waals surface area contributed by atoms with Gasteiger partial charge in [0, 0.05) is 31.8 Å². The first kappa shape index (κ1) is 28.9. The molecule has 0 unspecified atom stereocenters. The molecule has 7 heteroatoms. The van der Waals surface area contributed by atoms with Crippen LogP contribution in [0.25, 0.3) is 11.1 Å². The van der Waals surface area contributed by atoms with Gasteiger partial charge in [-0.25, -0.2) is 4.79 Å². The Balaban J connectivity index is 1.67. The maximum Gasteiger partial charge on any atom is 0.407 e. The molecule has 0 bridgehead atoms. The van der Waals surface area contributed by atoms with Gasteiger partial charge in [0.2, 0.25) is 0 Å². The van der Waals surface area contributed by atoms with Crippen LogP contribution in [-0.4, -0.2) is 51.0 Å². The van der Waals surface area contributed by atoms with E-state index in [1.54, 1.807) is 14.2 Å². The quantitative estimate of drug-likeness (QED) is 0.324. The van der Waals surface area contributed by atoms with E-state index >= 15 is 0 Å². The van der Waals surface area contributed by atoms with Crippen LogP contribution in [0.1, 0.15) is 37.5 Å². The Hall–Kier alpha value is -3.71. The third-order valence-electron chi connectivity index (χ3n) is 6.10. The van der Waals surface area contributed by atoms with E-state index in [4.69, 9.17) is 18.9 Å². The predicted molar refractivity (Wildman–Crippen MR) is 151 cm³/mol. The summed E-state index contributed by atoms with van der Waals surface area (Å²) in [5.74, 6) is 2.03. The number of hydrogen-bond acceptors (Lipinski definition) is 6. The van der Waals surface area contributed by atoms with Crippen LogP contribution in [0.2, 0.25) is 0 Å².